The smallest absolute Gasteiger partial charge is 0.128 e. The van der Waals surface area contributed by atoms with E-state index >= 15 is 0 Å². The summed E-state index contributed by atoms with van der Waals surface area (Å²) < 4.78 is 1.09. The highest BCUT2D eigenvalue weighted by molar-refractivity contribution is 9.10. The van der Waals surface area contributed by atoms with Crippen molar-refractivity contribution < 1.29 is 0 Å². The van der Waals surface area contributed by atoms with Crippen molar-refractivity contribution in [3.05, 3.63) is 22.3 Å². The second kappa shape index (κ2) is 4.83. The summed E-state index contributed by atoms with van der Waals surface area (Å²) in [4.78, 5) is 6.95. The number of nitrogens with zero attached hydrogens (tertiary/aromatic N) is 2. The van der Waals surface area contributed by atoms with Gasteiger partial charge in [-0.2, -0.15) is 0 Å². The van der Waals surface area contributed by atoms with Gasteiger partial charge in [-0.15, -0.1) is 0 Å². The van der Waals surface area contributed by atoms with Gasteiger partial charge >= 0.3 is 0 Å². The summed E-state index contributed by atoms with van der Waals surface area (Å²) in [5.41, 5.74) is 1.06. The predicted molar refractivity (Wildman–Crippen MR) is 70.8 cm³/mol. The third-order valence-corrected chi connectivity index (χ3v) is 4.59. The number of aryl methyl sites for hydroxylation is 1. The molecule has 1 aliphatic heterocycles. The molecule has 0 radical (unpaired) electrons. The maximum Gasteiger partial charge on any atom is 0.128 e. The Morgan fingerprint density at radius 1 is 1.53 bits per heavy atom. The molecule has 1 aromatic heterocycles. The molecule has 0 saturated carbocycles. The molecule has 0 amide bonds. The van der Waals surface area contributed by atoms with Crippen LogP contribution in [0.3, 0.4) is 0 Å². The second-order valence-electron chi connectivity index (χ2n) is 3.99. The molecule has 1 atom stereocenters. The Morgan fingerprint density at radius 3 is 2.93 bits per heavy atom. The Morgan fingerprint density at radius 2 is 2.33 bits per heavy atom. The number of rotatable bonds is 2. The Labute approximate surface area is 107 Å². The first kappa shape index (κ1) is 11.4. The molecule has 2 nitrogen and oxygen atoms in total. The first-order valence-corrected chi connectivity index (χ1v) is 7.06. The van der Waals surface area contributed by atoms with E-state index in [2.05, 4.69) is 53.9 Å². The summed E-state index contributed by atoms with van der Waals surface area (Å²) in [6.07, 6.45) is 1.27. The van der Waals surface area contributed by atoms with Crippen LogP contribution in [0.25, 0.3) is 0 Å². The number of hydrogen-bond acceptors (Lipinski definition) is 2. The van der Waals surface area contributed by atoms with Crippen molar-refractivity contribution in [3.8, 4) is 0 Å². The van der Waals surface area contributed by atoms with Crippen LogP contribution in [0.4, 0.5) is 5.82 Å². The van der Waals surface area contributed by atoms with Crippen LogP contribution >= 0.6 is 31.9 Å². The first-order chi connectivity index (χ1) is 7.20. The van der Waals surface area contributed by atoms with Gasteiger partial charge in [0.1, 0.15) is 5.82 Å². The third-order valence-electron chi connectivity index (χ3n) is 2.83. The van der Waals surface area contributed by atoms with Crippen LogP contribution in [-0.2, 0) is 0 Å². The molecule has 2 rings (SSSR count). The zero-order chi connectivity index (χ0) is 10.8. The maximum absolute atomic E-state index is 4.59. The highest BCUT2D eigenvalue weighted by Crippen LogP contribution is 2.25. The van der Waals surface area contributed by atoms with Gasteiger partial charge in [-0.3, -0.25) is 0 Å². The lowest BCUT2D eigenvalue weighted by molar-refractivity contribution is 0.675. The lowest BCUT2D eigenvalue weighted by atomic mass is 10.2. The van der Waals surface area contributed by atoms with Gasteiger partial charge in [-0.1, -0.05) is 15.9 Å². The molecule has 0 bridgehead atoms. The van der Waals surface area contributed by atoms with Crippen molar-refractivity contribution in [1.29, 1.82) is 0 Å². The molecule has 1 aromatic rings. The third kappa shape index (κ3) is 2.53. The van der Waals surface area contributed by atoms with E-state index in [0.29, 0.717) is 0 Å². The zero-order valence-electron chi connectivity index (χ0n) is 8.71. The summed E-state index contributed by atoms with van der Waals surface area (Å²) in [5.74, 6) is 1.88. The van der Waals surface area contributed by atoms with Crippen molar-refractivity contribution in [3.63, 3.8) is 0 Å². The van der Waals surface area contributed by atoms with Gasteiger partial charge in [0.05, 0.1) is 5.69 Å². The molecular formula is C11H14Br2N2. The Hall–Kier alpha value is -0.0900. The second-order valence-corrected chi connectivity index (χ2v) is 5.49. The molecule has 1 fully saturated rings. The van der Waals surface area contributed by atoms with Gasteiger partial charge in [0, 0.05) is 22.9 Å². The van der Waals surface area contributed by atoms with Crippen LogP contribution in [0.2, 0.25) is 0 Å². The van der Waals surface area contributed by atoms with E-state index in [1.54, 1.807) is 0 Å². The summed E-state index contributed by atoms with van der Waals surface area (Å²) in [7, 11) is 0. The molecular weight excluding hydrogens is 320 g/mol. The largest absolute Gasteiger partial charge is 0.356 e. The van der Waals surface area contributed by atoms with Crippen molar-refractivity contribution in [2.45, 2.75) is 13.3 Å². The van der Waals surface area contributed by atoms with E-state index in [4.69, 9.17) is 0 Å². The van der Waals surface area contributed by atoms with Gasteiger partial charge in [0.15, 0.2) is 0 Å². The minimum absolute atomic E-state index is 0.774. The molecule has 0 N–H and O–H groups in total. The summed E-state index contributed by atoms with van der Waals surface area (Å²) >= 11 is 7.02. The number of anilines is 1. The Balaban J connectivity index is 2.13. The van der Waals surface area contributed by atoms with Crippen molar-refractivity contribution in [2.24, 2.45) is 5.92 Å². The Kier molecular flexibility index (Phi) is 3.67. The van der Waals surface area contributed by atoms with Gasteiger partial charge in [0.25, 0.3) is 0 Å². The van der Waals surface area contributed by atoms with E-state index in [-0.39, 0.29) is 0 Å². The number of pyridine rings is 1. The molecule has 4 heteroatoms. The fraction of sp³-hybridized carbons (Fsp3) is 0.545. The van der Waals surface area contributed by atoms with Gasteiger partial charge in [-0.05, 0) is 47.3 Å². The van der Waals surface area contributed by atoms with Crippen LogP contribution in [0, 0.1) is 12.8 Å². The van der Waals surface area contributed by atoms with Crippen molar-refractivity contribution in [2.75, 3.05) is 23.3 Å². The van der Waals surface area contributed by atoms with Gasteiger partial charge in [-0.25, -0.2) is 4.98 Å². The van der Waals surface area contributed by atoms with E-state index in [1.807, 2.05) is 6.92 Å². The van der Waals surface area contributed by atoms with Gasteiger partial charge in [0.2, 0.25) is 0 Å². The maximum atomic E-state index is 4.59. The molecule has 15 heavy (non-hydrogen) atoms. The van der Waals surface area contributed by atoms with Crippen LogP contribution in [-0.4, -0.2) is 23.4 Å². The van der Waals surface area contributed by atoms with E-state index in [1.165, 1.54) is 6.42 Å². The van der Waals surface area contributed by atoms with E-state index in [9.17, 15) is 0 Å². The number of aromatic nitrogens is 1. The molecule has 0 spiro atoms. The lowest BCUT2D eigenvalue weighted by Gasteiger charge is -2.17. The fourth-order valence-electron chi connectivity index (χ4n) is 1.87. The highest BCUT2D eigenvalue weighted by atomic mass is 79.9. The zero-order valence-corrected chi connectivity index (χ0v) is 11.9. The molecule has 82 valence electrons. The van der Waals surface area contributed by atoms with Gasteiger partial charge < -0.3 is 4.90 Å². The van der Waals surface area contributed by atoms with Crippen LogP contribution in [0.15, 0.2) is 16.6 Å². The average Bonchev–Trinajstić information content (AvgIpc) is 2.70. The molecule has 1 saturated heterocycles. The van der Waals surface area contributed by atoms with E-state index in [0.717, 1.165) is 40.3 Å². The van der Waals surface area contributed by atoms with Crippen LogP contribution in [0.1, 0.15) is 12.1 Å². The highest BCUT2D eigenvalue weighted by Gasteiger charge is 2.22. The predicted octanol–water partition coefficient (Wildman–Crippen LogP) is 3.37. The normalized spacial score (nSPS) is 21.0. The molecule has 2 heterocycles. The monoisotopic (exact) mass is 332 g/mol. The van der Waals surface area contributed by atoms with Crippen molar-refractivity contribution in [1.82, 2.24) is 4.98 Å². The topological polar surface area (TPSA) is 16.1 Å². The minimum Gasteiger partial charge on any atom is -0.356 e. The molecule has 1 unspecified atom stereocenters. The molecule has 0 aliphatic carbocycles. The van der Waals surface area contributed by atoms with E-state index < -0.39 is 0 Å². The first-order valence-electron chi connectivity index (χ1n) is 5.14. The number of hydrogen-bond donors (Lipinski definition) is 0. The SMILES string of the molecule is Cc1nc(N2CCC(CBr)C2)ccc1Br. The fourth-order valence-corrected chi connectivity index (χ4v) is 2.62. The summed E-state index contributed by atoms with van der Waals surface area (Å²) in [6.45, 7) is 4.29. The van der Waals surface area contributed by atoms with Crippen LogP contribution in [0.5, 0.6) is 0 Å². The Bertz CT molecular complexity index is 354. The van der Waals surface area contributed by atoms with Crippen molar-refractivity contribution >= 4 is 37.7 Å². The number of halogens is 2. The van der Waals surface area contributed by atoms with Crippen LogP contribution < -0.4 is 4.90 Å². The lowest BCUT2D eigenvalue weighted by Crippen LogP contribution is -2.21. The minimum atomic E-state index is 0.774. The summed E-state index contributed by atoms with van der Waals surface area (Å²) in [6, 6.07) is 4.17. The number of alkyl halides is 1. The average molecular weight is 334 g/mol. The molecule has 0 aromatic carbocycles. The quantitative estimate of drug-likeness (QED) is 0.771. The summed E-state index contributed by atoms with van der Waals surface area (Å²) in [5, 5.41) is 1.10. The molecule has 1 aliphatic rings. The standard InChI is InChI=1S/C11H14Br2N2/c1-8-10(13)2-3-11(14-8)15-5-4-9(6-12)7-15/h2-3,9H,4-7H2,1H3.